The van der Waals surface area contributed by atoms with Crippen molar-refractivity contribution < 1.29 is 19.0 Å². The first-order valence-electron chi connectivity index (χ1n) is 12.1. The summed E-state index contributed by atoms with van der Waals surface area (Å²) in [6.07, 6.45) is 4.41. The van der Waals surface area contributed by atoms with E-state index in [0.717, 1.165) is 34.9 Å². The summed E-state index contributed by atoms with van der Waals surface area (Å²) in [5.74, 6) is 2.90. The van der Waals surface area contributed by atoms with Gasteiger partial charge < -0.3 is 19.0 Å². The predicted molar refractivity (Wildman–Crippen MR) is 140 cm³/mol. The number of para-hydroxylation sites is 1. The molecule has 0 fully saturated rings. The highest BCUT2D eigenvalue weighted by Crippen LogP contribution is 2.32. The average Bonchev–Trinajstić information content (AvgIpc) is 3.52. The Kier molecular flexibility index (Phi) is 8.60. The van der Waals surface area contributed by atoms with Crippen molar-refractivity contribution in [3.8, 4) is 23.1 Å². The van der Waals surface area contributed by atoms with Crippen LogP contribution in [0, 0.1) is 6.92 Å². The topological polar surface area (TPSA) is 72.9 Å². The van der Waals surface area contributed by atoms with E-state index in [9.17, 15) is 5.11 Å². The Morgan fingerprint density at radius 2 is 1.81 bits per heavy atom. The molecule has 0 saturated carbocycles. The van der Waals surface area contributed by atoms with Gasteiger partial charge in [-0.15, -0.1) is 6.58 Å². The molecule has 0 radical (unpaired) electrons. The summed E-state index contributed by atoms with van der Waals surface area (Å²) >= 11 is 0. The summed E-state index contributed by atoms with van der Waals surface area (Å²) in [4.78, 5) is 2.16. The van der Waals surface area contributed by atoms with Crippen LogP contribution in [0.15, 0.2) is 90.1 Å². The number of aromatic nitrogens is 2. The van der Waals surface area contributed by atoms with Gasteiger partial charge in [0.25, 0.3) is 0 Å². The van der Waals surface area contributed by atoms with Crippen LogP contribution in [0.3, 0.4) is 0 Å². The number of ether oxygens (including phenoxy) is 2. The first-order valence-corrected chi connectivity index (χ1v) is 12.1. The zero-order valence-electron chi connectivity index (χ0n) is 20.8. The number of hydrogen-bond donors (Lipinski definition) is 1. The molecule has 0 aliphatic rings. The van der Waals surface area contributed by atoms with Crippen molar-refractivity contribution in [1.82, 2.24) is 14.7 Å². The molecule has 188 valence electrons. The molecule has 1 N–H and O–H groups in total. The zero-order valence-corrected chi connectivity index (χ0v) is 20.8. The second kappa shape index (κ2) is 12.2. The van der Waals surface area contributed by atoms with Crippen LogP contribution in [0.1, 0.15) is 29.9 Å². The Bertz CT molecular complexity index is 1220. The highest BCUT2D eigenvalue weighted by Gasteiger charge is 2.23. The Balaban J connectivity index is 1.68. The predicted octanol–water partition coefficient (Wildman–Crippen LogP) is 5.90. The molecule has 2 aromatic carbocycles. The van der Waals surface area contributed by atoms with Crippen molar-refractivity contribution in [2.45, 2.75) is 39.0 Å². The second-order valence-corrected chi connectivity index (χ2v) is 8.66. The maximum absolute atomic E-state index is 10.7. The number of hydrogen-bond acceptors (Lipinski definition) is 6. The summed E-state index contributed by atoms with van der Waals surface area (Å²) < 4.78 is 19.2. The lowest BCUT2D eigenvalue weighted by Gasteiger charge is -2.24. The van der Waals surface area contributed by atoms with Gasteiger partial charge >= 0.3 is 0 Å². The quantitative estimate of drug-likeness (QED) is 0.237. The molecule has 4 rings (SSSR count). The lowest BCUT2D eigenvalue weighted by molar-refractivity contribution is 0.0939. The molecule has 4 aromatic rings. The highest BCUT2D eigenvalue weighted by atomic mass is 16.5. The largest absolute Gasteiger partial charge is 0.497 e. The van der Waals surface area contributed by atoms with Gasteiger partial charge in [-0.25, -0.2) is 4.68 Å². The number of methoxy groups -OCH3 is 1. The van der Waals surface area contributed by atoms with E-state index in [2.05, 4.69) is 11.5 Å². The Morgan fingerprint density at radius 3 is 2.47 bits per heavy atom. The smallest absolute Gasteiger partial charge is 0.227 e. The number of aliphatic hydroxyl groups is 1. The van der Waals surface area contributed by atoms with E-state index in [-0.39, 0.29) is 0 Å². The van der Waals surface area contributed by atoms with E-state index in [1.165, 1.54) is 0 Å². The van der Waals surface area contributed by atoms with Gasteiger partial charge in [0.1, 0.15) is 17.3 Å². The maximum Gasteiger partial charge on any atom is 0.227 e. The van der Waals surface area contributed by atoms with Gasteiger partial charge in [-0.2, -0.15) is 5.10 Å². The van der Waals surface area contributed by atoms with Crippen LogP contribution >= 0.6 is 0 Å². The fourth-order valence-corrected chi connectivity index (χ4v) is 4.06. The minimum atomic E-state index is -0.492. The van der Waals surface area contributed by atoms with Crippen LogP contribution in [0.4, 0.5) is 0 Å². The van der Waals surface area contributed by atoms with E-state index in [0.29, 0.717) is 37.7 Å². The van der Waals surface area contributed by atoms with Crippen LogP contribution in [-0.4, -0.2) is 39.5 Å². The number of furan rings is 1. The normalized spacial score (nSPS) is 12.0. The molecule has 1 atom stereocenters. The molecule has 2 aromatic heterocycles. The first kappa shape index (κ1) is 25.3. The van der Waals surface area contributed by atoms with Gasteiger partial charge in [-0.05, 0) is 68.3 Å². The SMILES string of the molecule is C=CCCC(O)CN(Cc1ccco1)Cc1c(C)nn(-c2ccccc2)c1Oc1ccc(OC)cc1. The van der Waals surface area contributed by atoms with E-state index in [1.807, 2.05) is 84.4 Å². The molecular weight excluding hydrogens is 454 g/mol. The molecule has 0 saturated heterocycles. The molecule has 0 spiro atoms. The molecule has 7 heteroatoms. The van der Waals surface area contributed by atoms with E-state index < -0.39 is 6.10 Å². The number of benzene rings is 2. The molecular formula is C29H33N3O4. The maximum atomic E-state index is 10.7. The molecule has 0 aliphatic heterocycles. The van der Waals surface area contributed by atoms with Gasteiger partial charge in [-0.1, -0.05) is 24.3 Å². The minimum Gasteiger partial charge on any atom is -0.497 e. The third-order valence-electron chi connectivity index (χ3n) is 5.93. The van der Waals surface area contributed by atoms with E-state index >= 15 is 0 Å². The molecule has 7 nitrogen and oxygen atoms in total. The van der Waals surface area contributed by atoms with Gasteiger partial charge in [0.2, 0.25) is 5.88 Å². The number of rotatable bonds is 13. The van der Waals surface area contributed by atoms with Crippen molar-refractivity contribution in [1.29, 1.82) is 0 Å². The van der Waals surface area contributed by atoms with E-state index in [1.54, 1.807) is 13.4 Å². The summed E-state index contributed by atoms with van der Waals surface area (Å²) in [6.45, 7) is 7.31. The summed E-state index contributed by atoms with van der Waals surface area (Å²) in [5.41, 5.74) is 2.70. The van der Waals surface area contributed by atoms with Crippen LogP contribution in [-0.2, 0) is 13.1 Å². The average molecular weight is 488 g/mol. The summed E-state index contributed by atoms with van der Waals surface area (Å²) in [5, 5.41) is 15.5. The number of aryl methyl sites for hydroxylation is 1. The molecule has 0 amide bonds. The van der Waals surface area contributed by atoms with Crippen molar-refractivity contribution in [3.63, 3.8) is 0 Å². The first-order chi connectivity index (χ1) is 17.6. The zero-order chi connectivity index (χ0) is 25.3. The van der Waals surface area contributed by atoms with Crippen molar-refractivity contribution in [2.75, 3.05) is 13.7 Å². The molecule has 2 heterocycles. The molecule has 1 unspecified atom stereocenters. The van der Waals surface area contributed by atoms with Crippen LogP contribution in [0.2, 0.25) is 0 Å². The molecule has 0 bridgehead atoms. The second-order valence-electron chi connectivity index (χ2n) is 8.66. The minimum absolute atomic E-state index is 0.479. The van der Waals surface area contributed by atoms with Crippen molar-refractivity contribution in [3.05, 3.63) is 103 Å². The third-order valence-corrected chi connectivity index (χ3v) is 5.93. The number of nitrogens with zero attached hydrogens (tertiary/aromatic N) is 3. The third kappa shape index (κ3) is 6.44. The molecule has 0 aliphatic carbocycles. The summed E-state index contributed by atoms with van der Waals surface area (Å²) in [7, 11) is 1.64. The fraction of sp³-hybridized carbons (Fsp3) is 0.276. The Morgan fingerprint density at radius 1 is 1.06 bits per heavy atom. The number of allylic oxidation sites excluding steroid dienone is 1. The van der Waals surface area contributed by atoms with Gasteiger partial charge in [0.15, 0.2) is 0 Å². The Labute approximate surface area is 212 Å². The van der Waals surface area contributed by atoms with Gasteiger partial charge in [0, 0.05) is 13.1 Å². The van der Waals surface area contributed by atoms with Gasteiger partial charge in [-0.3, -0.25) is 4.90 Å². The van der Waals surface area contributed by atoms with Crippen LogP contribution < -0.4 is 9.47 Å². The van der Waals surface area contributed by atoms with Crippen molar-refractivity contribution in [2.24, 2.45) is 0 Å². The number of aliphatic hydroxyl groups excluding tert-OH is 1. The monoisotopic (exact) mass is 487 g/mol. The fourth-order valence-electron chi connectivity index (χ4n) is 4.06. The van der Waals surface area contributed by atoms with Crippen LogP contribution in [0.25, 0.3) is 5.69 Å². The van der Waals surface area contributed by atoms with Crippen molar-refractivity contribution >= 4 is 0 Å². The lowest BCUT2D eigenvalue weighted by atomic mass is 10.1. The highest BCUT2D eigenvalue weighted by molar-refractivity contribution is 5.44. The van der Waals surface area contributed by atoms with E-state index in [4.69, 9.17) is 19.0 Å². The van der Waals surface area contributed by atoms with Gasteiger partial charge in [0.05, 0.1) is 43.0 Å². The standard InChI is InChI=1S/C29H33N3O4/c1-4-5-12-24(33)19-31(20-27-13-9-18-35-27)21-28-22(2)30-32(23-10-7-6-8-11-23)29(28)36-26-16-14-25(34-3)15-17-26/h4,6-11,13-18,24,33H,1,5,12,19-21H2,2-3H3. The summed E-state index contributed by atoms with van der Waals surface area (Å²) in [6, 6.07) is 21.2. The lowest BCUT2D eigenvalue weighted by Crippen LogP contribution is -2.32. The molecule has 36 heavy (non-hydrogen) atoms. The van der Waals surface area contributed by atoms with Crippen LogP contribution in [0.5, 0.6) is 17.4 Å². The Hall–Kier alpha value is -3.81.